The highest BCUT2D eigenvalue weighted by atomic mass is 19.1. The molecule has 2 N–H and O–H groups in total. The average Bonchev–Trinajstić information content (AvgIpc) is 2.49. The highest BCUT2D eigenvalue weighted by Gasteiger charge is 2.13. The molecule has 5 heteroatoms. The van der Waals surface area contributed by atoms with Gasteiger partial charge in [0.2, 0.25) is 0 Å². The molecule has 3 nitrogen and oxygen atoms in total. The van der Waals surface area contributed by atoms with Gasteiger partial charge in [-0.25, -0.2) is 8.78 Å². The summed E-state index contributed by atoms with van der Waals surface area (Å²) in [4.78, 5) is 0. The molecule has 0 fully saturated rings. The number of hydrogen-bond acceptors (Lipinski definition) is 3. The third kappa shape index (κ3) is 4.00. The Morgan fingerprint density at radius 1 is 1.05 bits per heavy atom. The van der Waals surface area contributed by atoms with Crippen LogP contribution >= 0.6 is 0 Å². The van der Waals surface area contributed by atoms with Gasteiger partial charge in [-0.15, -0.1) is 0 Å². The Morgan fingerprint density at radius 2 is 1.67 bits per heavy atom. The first-order valence-electron chi connectivity index (χ1n) is 6.70. The second-order valence-electron chi connectivity index (χ2n) is 4.57. The fourth-order valence-electron chi connectivity index (χ4n) is 1.86. The van der Waals surface area contributed by atoms with Crippen LogP contribution in [-0.4, -0.2) is 11.7 Å². The molecule has 0 aliphatic carbocycles. The van der Waals surface area contributed by atoms with Crippen LogP contribution in [0, 0.1) is 11.6 Å². The van der Waals surface area contributed by atoms with E-state index in [0.717, 1.165) is 6.54 Å². The van der Waals surface area contributed by atoms with Crippen molar-refractivity contribution < 1.29 is 18.6 Å². The minimum atomic E-state index is -0.742. The predicted molar refractivity (Wildman–Crippen MR) is 76.2 cm³/mol. The van der Waals surface area contributed by atoms with Gasteiger partial charge >= 0.3 is 0 Å². The van der Waals surface area contributed by atoms with Gasteiger partial charge in [0.25, 0.3) is 0 Å². The molecule has 21 heavy (non-hydrogen) atoms. The molecule has 0 heterocycles. The molecular formula is C16H17F2NO2. The van der Waals surface area contributed by atoms with Gasteiger partial charge in [-0.1, -0.05) is 19.1 Å². The molecule has 2 aromatic carbocycles. The molecule has 112 valence electrons. The number of hydrogen-bond donors (Lipinski definition) is 2. The summed E-state index contributed by atoms with van der Waals surface area (Å²) in [7, 11) is 0. The van der Waals surface area contributed by atoms with E-state index in [-0.39, 0.29) is 6.61 Å². The van der Waals surface area contributed by atoms with Crippen LogP contribution in [0.3, 0.4) is 0 Å². The second kappa shape index (κ2) is 7.15. The number of rotatable bonds is 6. The van der Waals surface area contributed by atoms with E-state index in [4.69, 9.17) is 9.84 Å². The van der Waals surface area contributed by atoms with Crippen LogP contribution in [0.4, 0.5) is 8.78 Å². The Hall–Kier alpha value is -1.98. The maximum absolute atomic E-state index is 13.9. The zero-order chi connectivity index (χ0) is 15.2. The van der Waals surface area contributed by atoms with E-state index in [1.54, 1.807) is 24.3 Å². The summed E-state index contributed by atoms with van der Waals surface area (Å²) < 4.78 is 33.1. The number of aliphatic hydroxyl groups excluding tert-OH is 1. The molecule has 0 saturated carbocycles. The quantitative estimate of drug-likeness (QED) is 0.858. The van der Waals surface area contributed by atoms with Gasteiger partial charge in [-0.05, 0) is 41.9 Å². The number of nitrogens with one attached hydrogen (secondary N) is 1. The van der Waals surface area contributed by atoms with Crippen molar-refractivity contribution in [2.45, 2.75) is 20.1 Å². The molecule has 2 rings (SSSR count). The summed E-state index contributed by atoms with van der Waals surface area (Å²) in [5.41, 5.74) is 1.22. The molecular weight excluding hydrogens is 276 g/mol. The number of halogens is 2. The third-order valence-electron chi connectivity index (χ3n) is 2.96. The van der Waals surface area contributed by atoms with E-state index in [0.29, 0.717) is 23.4 Å². The fraction of sp³-hybridized carbons (Fsp3) is 0.250. The zero-order valence-electron chi connectivity index (χ0n) is 11.7. The van der Waals surface area contributed by atoms with Crippen LogP contribution in [0.5, 0.6) is 11.5 Å². The van der Waals surface area contributed by atoms with Gasteiger partial charge in [-0.2, -0.15) is 0 Å². The summed E-state index contributed by atoms with van der Waals surface area (Å²) in [6.45, 7) is 2.94. The van der Waals surface area contributed by atoms with Crippen molar-refractivity contribution in [1.29, 1.82) is 0 Å². The van der Waals surface area contributed by atoms with E-state index in [1.807, 2.05) is 6.92 Å². The van der Waals surface area contributed by atoms with Crippen LogP contribution in [0.2, 0.25) is 0 Å². The standard InChI is InChI=1S/C16H17F2NO2/c1-2-19-9-12-7-14(17)16(15(18)8-12)21-13-5-3-11(10-20)4-6-13/h3-8,19-20H,2,9-10H2,1H3. The van der Waals surface area contributed by atoms with E-state index in [2.05, 4.69) is 5.32 Å². The summed E-state index contributed by atoms with van der Waals surface area (Å²) in [6, 6.07) is 8.87. The van der Waals surface area contributed by atoms with Crippen molar-refractivity contribution in [3.8, 4) is 11.5 Å². The molecule has 0 atom stereocenters. The highest BCUT2D eigenvalue weighted by Crippen LogP contribution is 2.28. The van der Waals surface area contributed by atoms with Crippen LogP contribution in [0.25, 0.3) is 0 Å². The molecule has 0 spiro atoms. The van der Waals surface area contributed by atoms with Gasteiger partial charge in [0.15, 0.2) is 17.4 Å². The normalized spacial score (nSPS) is 10.7. The Labute approximate surface area is 122 Å². The van der Waals surface area contributed by atoms with Gasteiger partial charge in [-0.3, -0.25) is 0 Å². The second-order valence-corrected chi connectivity index (χ2v) is 4.57. The number of aliphatic hydroxyl groups is 1. The number of ether oxygens (including phenoxy) is 1. The lowest BCUT2D eigenvalue weighted by Gasteiger charge is -2.10. The molecule has 0 aliphatic rings. The van der Waals surface area contributed by atoms with Crippen LogP contribution in [0.1, 0.15) is 18.1 Å². The third-order valence-corrected chi connectivity index (χ3v) is 2.96. The van der Waals surface area contributed by atoms with Crippen LogP contribution < -0.4 is 10.1 Å². The molecule has 0 aromatic heterocycles. The van der Waals surface area contributed by atoms with E-state index in [1.165, 1.54) is 12.1 Å². The van der Waals surface area contributed by atoms with Crippen molar-refractivity contribution in [2.75, 3.05) is 6.54 Å². The van der Waals surface area contributed by atoms with Gasteiger partial charge < -0.3 is 15.2 Å². The molecule has 0 aliphatic heterocycles. The minimum Gasteiger partial charge on any atom is -0.451 e. The van der Waals surface area contributed by atoms with E-state index < -0.39 is 17.4 Å². The van der Waals surface area contributed by atoms with Gasteiger partial charge in [0, 0.05) is 6.54 Å². The van der Waals surface area contributed by atoms with Crippen molar-refractivity contribution in [3.05, 3.63) is 59.2 Å². The zero-order valence-corrected chi connectivity index (χ0v) is 11.7. The number of benzene rings is 2. The summed E-state index contributed by atoms with van der Waals surface area (Å²) in [5.74, 6) is -1.60. The average molecular weight is 293 g/mol. The smallest absolute Gasteiger partial charge is 0.198 e. The van der Waals surface area contributed by atoms with Crippen molar-refractivity contribution >= 4 is 0 Å². The van der Waals surface area contributed by atoms with Crippen molar-refractivity contribution in [3.63, 3.8) is 0 Å². The summed E-state index contributed by atoms with van der Waals surface area (Å²) >= 11 is 0. The SMILES string of the molecule is CCNCc1cc(F)c(Oc2ccc(CO)cc2)c(F)c1. The topological polar surface area (TPSA) is 41.5 Å². The summed E-state index contributed by atoms with van der Waals surface area (Å²) in [5, 5.41) is 11.9. The summed E-state index contributed by atoms with van der Waals surface area (Å²) in [6.07, 6.45) is 0. The fourth-order valence-corrected chi connectivity index (χ4v) is 1.86. The first kappa shape index (κ1) is 15.4. The largest absolute Gasteiger partial charge is 0.451 e. The van der Waals surface area contributed by atoms with Crippen molar-refractivity contribution in [2.24, 2.45) is 0 Å². The minimum absolute atomic E-state index is 0.0951. The Morgan fingerprint density at radius 3 is 2.19 bits per heavy atom. The lowest BCUT2D eigenvalue weighted by atomic mass is 10.2. The predicted octanol–water partition coefficient (Wildman–Crippen LogP) is 3.36. The first-order chi connectivity index (χ1) is 10.1. The maximum Gasteiger partial charge on any atom is 0.198 e. The highest BCUT2D eigenvalue weighted by molar-refractivity contribution is 5.36. The van der Waals surface area contributed by atoms with Crippen LogP contribution in [0.15, 0.2) is 36.4 Å². The molecule has 0 unspecified atom stereocenters. The molecule has 0 bridgehead atoms. The lowest BCUT2D eigenvalue weighted by molar-refractivity contribution is 0.281. The van der Waals surface area contributed by atoms with E-state index >= 15 is 0 Å². The van der Waals surface area contributed by atoms with E-state index in [9.17, 15) is 8.78 Å². The molecule has 0 amide bonds. The maximum atomic E-state index is 13.9. The molecule has 0 radical (unpaired) electrons. The van der Waals surface area contributed by atoms with Gasteiger partial charge in [0.1, 0.15) is 5.75 Å². The lowest BCUT2D eigenvalue weighted by Crippen LogP contribution is -2.12. The van der Waals surface area contributed by atoms with Gasteiger partial charge in [0.05, 0.1) is 6.61 Å². The molecule has 0 saturated heterocycles. The first-order valence-corrected chi connectivity index (χ1v) is 6.70. The van der Waals surface area contributed by atoms with Crippen LogP contribution in [-0.2, 0) is 13.2 Å². The Kier molecular flexibility index (Phi) is 5.25. The Balaban J connectivity index is 2.19. The molecule has 2 aromatic rings. The Bertz CT molecular complexity index is 577. The van der Waals surface area contributed by atoms with Crippen molar-refractivity contribution in [1.82, 2.24) is 5.32 Å². The monoisotopic (exact) mass is 293 g/mol.